The van der Waals surface area contributed by atoms with E-state index >= 15 is 0 Å². The molecular formula is C24H23N5OS. The van der Waals surface area contributed by atoms with Gasteiger partial charge in [0.2, 0.25) is 11.1 Å². The van der Waals surface area contributed by atoms with Crippen molar-refractivity contribution in [2.45, 2.75) is 30.3 Å². The van der Waals surface area contributed by atoms with Gasteiger partial charge in [-0.25, -0.2) is 0 Å². The molecule has 0 saturated carbocycles. The van der Waals surface area contributed by atoms with E-state index in [0.717, 1.165) is 22.4 Å². The first kappa shape index (κ1) is 20.8. The summed E-state index contributed by atoms with van der Waals surface area (Å²) in [5.41, 5.74) is 4.04. The molecule has 31 heavy (non-hydrogen) atoms. The van der Waals surface area contributed by atoms with E-state index in [-0.39, 0.29) is 17.2 Å². The SMILES string of the molecule is Cc1cccc(-n2nnnc2SC(C)C(=O)NC(c2ccccc2)c2ccccc2)c1. The molecular weight excluding hydrogens is 406 g/mol. The maximum atomic E-state index is 13.1. The zero-order valence-electron chi connectivity index (χ0n) is 17.3. The van der Waals surface area contributed by atoms with Crippen LogP contribution in [0.5, 0.6) is 0 Å². The molecule has 0 bridgehead atoms. The van der Waals surface area contributed by atoms with Gasteiger partial charge in [-0.3, -0.25) is 4.79 Å². The number of nitrogens with one attached hydrogen (secondary N) is 1. The predicted molar refractivity (Wildman–Crippen MR) is 122 cm³/mol. The van der Waals surface area contributed by atoms with Gasteiger partial charge in [-0.05, 0) is 53.1 Å². The number of amides is 1. The number of nitrogens with zero attached hydrogens (tertiary/aromatic N) is 4. The van der Waals surface area contributed by atoms with E-state index in [1.54, 1.807) is 4.68 Å². The number of hydrogen-bond acceptors (Lipinski definition) is 5. The second-order valence-electron chi connectivity index (χ2n) is 7.24. The minimum absolute atomic E-state index is 0.0819. The van der Waals surface area contributed by atoms with Crippen molar-refractivity contribution < 1.29 is 4.79 Å². The molecule has 3 aromatic carbocycles. The average Bonchev–Trinajstić information content (AvgIpc) is 3.26. The normalized spacial score (nSPS) is 12.0. The van der Waals surface area contributed by atoms with Crippen LogP contribution in [0, 0.1) is 6.92 Å². The Morgan fingerprint density at radius 3 is 2.19 bits per heavy atom. The van der Waals surface area contributed by atoms with Crippen LogP contribution in [-0.2, 0) is 4.79 Å². The van der Waals surface area contributed by atoms with Crippen molar-refractivity contribution in [1.82, 2.24) is 25.5 Å². The van der Waals surface area contributed by atoms with E-state index in [1.165, 1.54) is 11.8 Å². The molecule has 1 aromatic heterocycles. The molecule has 0 radical (unpaired) electrons. The third kappa shape index (κ3) is 5.00. The summed E-state index contributed by atoms with van der Waals surface area (Å²) in [5, 5.41) is 15.4. The molecule has 1 N–H and O–H groups in total. The van der Waals surface area contributed by atoms with Crippen LogP contribution in [0.25, 0.3) is 5.69 Å². The molecule has 4 aromatic rings. The fourth-order valence-electron chi connectivity index (χ4n) is 3.30. The summed E-state index contributed by atoms with van der Waals surface area (Å²) in [4.78, 5) is 13.1. The van der Waals surface area contributed by atoms with E-state index in [4.69, 9.17) is 0 Å². The Kier molecular flexibility index (Phi) is 6.43. The summed E-state index contributed by atoms with van der Waals surface area (Å²) < 4.78 is 1.66. The van der Waals surface area contributed by atoms with Crippen molar-refractivity contribution >= 4 is 17.7 Å². The number of carbonyl (C=O) groups is 1. The standard InChI is InChI=1S/C24H23N5OS/c1-17-10-9-15-21(16-17)29-24(26-27-28-29)31-18(2)23(30)25-22(19-11-5-3-6-12-19)20-13-7-4-8-14-20/h3-16,18,22H,1-2H3,(H,25,30). The maximum Gasteiger partial charge on any atom is 0.234 e. The van der Waals surface area contributed by atoms with Gasteiger partial charge in [-0.2, -0.15) is 4.68 Å². The highest BCUT2D eigenvalue weighted by Gasteiger charge is 2.23. The van der Waals surface area contributed by atoms with Crippen LogP contribution in [0.2, 0.25) is 0 Å². The van der Waals surface area contributed by atoms with Crippen LogP contribution < -0.4 is 5.32 Å². The number of aryl methyl sites for hydroxylation is 1. The van der Waals surface area contributed by atoms with Crippen LogP contribution in [0.3, 0.4) is 0 Å². The first-order chi connectivity index (χ1) is 15.1. The highest BCUT2D eigenvalue weighted by atomic mass is 32.2. The summed E-state index contributed by atoms with van der Waals surface area (Å²) >= 11 is 1.33. The Morgan fingerprint density at radius 1 is 0.935 bits per heavy atom. The predicted octanol–water partition coefficient (Wildman–Crippen LogP) is 4.36. The monoisotopic (exact) mass is 429 g/mol. The average molecular weight is 430 g/mol. The van der Waals surface area contributed by atoms with Gasteiger partial charge in [0.05, 0.1) is 17.0 Å². The molecule has 1 heterocycles. The highest BCUT2D eigenvalue weighted by Crippen LogP contribution is 2.26. The lowest BCUT2D eigenvalue weighted by atomic mass is 9.98. The number of benzene rings is 3. The van der Waals surface area contributed by atoms with Crippen molar-refractivity contribution in [3.8, 4) is 5.69 Å². The Morgan fingerprint density at radius 2 is 1.58 bits per heavy atom. The molecule has 0 aliphatic carbocycles. The molecule has 0 fully saturated rings. The third-order valence-corrected chi connectivity index (χ3v) is 5.92. The molecule has 1 unspecified atom stereocenters. The Hall–Kier alpha value is -3.45. The zero-order valence-corrected chi connectivity index (χ0v) is 18.2. The molecule has 1 atom stereocenters. The molecule has 0 aliphatic heterocycles. The van der Waals surface area contributed by atoms with Gasteiger partial charge in [0.15, 0.2) is 0 Å². The third-order valence-electron chi connectivity index (χ3n) is 4.89. The lowest BCUT2D eigenvalue weighted by Gasteiger charge is -2.22. The number of rotatable bonds is 7. The molecule has 4 rings (SSSR count). The number of carbonyl (C=O) groups excluding carboxylic acids is 1. The number of hydrogen-bond donors (Lipinski definition) is 1. The molecule has 0 aliphatic rings. The molecule has 1 amide bonds. The highest BCUT2D eigenvalue weighted by molar-refractivity contribution is 8.00. The number of thioether (sulfide) groups is 1. The van der Waals surface area contributed by atoms with E-state index in [0.29, 0.717) is 5.16 Å². The van der Waals surface area contributed by atoms with Crippen LogP contribution in [0.1, 0.15) is 29.7 Å². The van der Waals surface area contributed by atoms with Crippen LogP contribution >= 0.6 is 11.8 Å². The van der Waals surface area contributed by atoms with Gasteiger partial charge >= 0.3 is 0 Å². The smallest absolute Gasteiger partial charge is 0.234 e. The fraction of sp³-hybridized carbons (Fsp3) is 0.167. The summed E-state index contributed by atoms with van der Waals surface area (Å²) in [6.45, 7) is 3.88. The number of aromatic nitrogens is 4. The molecule has 7 heteroatoms. The van der Waals surface area contributed by atoms with Gasteiger partial charge < -0.3 is 5.32 Å². The number of tetrazole rings is 1. The minimum atomic E-state index is -0.385. The van der Waals surface area contributed by atoms with Crippen molar-refractivity contribution in [2.24, 2.45) is 0 Å². The largest absolute Gasteiger partial charge is 0.344 e. The fourth-order valence-corrected chi connectivity index (χ4v) is 4.11. The second kappa shape index (κ2) is 9.57. The van der Waals surface area contributed by atoms with Gasteiger partial charge in [-0.1, -0.05) is 84.6 Å². The van der Waals surface area contributed by atoms with E-state index in [2.05, 4.69) is 20.8 Å². The second-order valence-corrected chi connectivity index (χ2v) is 8.54. The molecule has 156 valence electrons. The summed E-state index contributed by atoms with van der Waals surface area (Å²) in [6.07, 6.45) is 0. The molecule has 0 saturated heterocycles. The van der Waals surface area contributed by atoms with Crippen molar-refractivity contribution in [3.63, 3.8) is 0 Å². The van der Waals surface area contributed by atoms with Crippen LogP contribution in [0.4, 0.5) is 0 Å². The van der Waals surface area contributed by atoms with Crippen molar-refractivity contribution in [3.05, 3.63) is 102 Å². The van der Waals surface area contributed by atoms with Crippen molar-refractivity contribution in [1.29, 1.82) is 0 Å². The van der Waals surface area contributed by atoms with Crippen LogP contribution in [0.15, 0.2) is 90.1 Å². The maximum absolute atomic E-state index is 13.1. The summed E-state index contributed by atoms with van der Waals surface area (Å²) in [7, 11) is 0. The first-order valence-electron chi connectivity index (χ1n) is 10.0. The summed E-state index contributed by atoms with van der Waals surface area (Å²) in [5.74, 6) is -0.0819. The zero-order chi connectivity index (χ0) is 21.6. The molecule has 6 nitrogen and oxygen atoms in total. The van der Waals surface area contributed by atoms with Crippen molar-refractivity contribution in [2.75, 3.05) is 0 Å². The lowest BCUT2D eigenvalue weighted by molar-refractivity contribution is -0.120. The first-order valence-corrected chi connectivity index (χ1v) is 10.9. The van der Waals surface area contributed by atoms with Gasteiger partial charge in [0.25, 0.3) is 0 Å². The Bertz CT molecular complexity index is 1110. The Balaban J connectivity index is 1.52. The van der Waals surface area contributed by atoms with Gasteiger partial charge in [0, 0.05) is 0 Å². The quantitative estimate of drug-likeness (QED) is 0.442. The molecule has 0 spiro atoms. The van der Waals surface area contributed by atoms with E-state index in [1.807, 2.05) is 98.8 Å². The lowest BCUT2D eigenvalue weighted by Crippen LogP contribution is -2.35. The van der Waals surface area contributed by atoms with Crippen LogP contribution in [-0.4, -0.2) is 31.4 Å². The van der Waals surface area contributed by atoms with Gasteiger partial charge in [0.1, 0.15) is 0 Å². The van der Waals surface area contributed by atoms with E-state index < -0.39 is 0 Å². The topological polar surface area (TPSA) is 72.7 Å². The minimum Gasteiger partial charge on any atom is -0.344 e. The Labute approximate surface area is 185 Å². The van der Waals surface area contributed by atoms with Gasteiger partial charge in [-0.15, -0.1) is 5.10 Å². The van der Waals surface area contributed by atoms with E-state index in [9.17, 15) is 4.79 Å². The summed E-state index contributed by atoms with van der Waals surface area (Å²) in [6, 6.07) is 27.6.